The number of hydrogen-bond acceptors (Lipinski definition) is 6. The smallest absolute Gasteiger partial charge is 0.145 e. The van der Waals surface area contributed by atoms with Gasteiger partial charge in [-0.3, -0.25) is 4.79 Å². The fourth-order valence-corrected chi connectivity index (χ4v) is 5.96. The van der Waals surface area contributed by atoms with Gasteiger partial charge in [0.1, 0.15) is 11.4 Å². The van der Waals surface area contributed by atoms with Crippen molar-refractivity contribution in [2.45, 2.75) is 57.3 Å². The third-order valence-electron chi connectivity index (χ3n) is 7.70. The van der Waals surface area contributed by atoms with Crippen LogP contribution in [0.15, 0.2) is 23.0 Å². The summed E-state index contributed by atoms with van der Waals surface area (Å²) in [6.45, 7) is 4.17. The molecule has 1 aromatic rings. The van der Waals surface area contributed by atoms with Crippen LogP contribution >= 0.6 is 0 Å². The molecule has 3 N–H and O–H groups in total. The number of furan rings is 1. The van der Waals surface area contributed by atoms with Gasteiger partial charge in [-0.25, -0.2) is 0 Å². The van der Waals surface area contributed by atoms with Crippen molar-refractivity contribution in [3.63, 3.8) is 0 Å². The van der Waals surface area contributed by atoms with Gasteiger partial charge in [-0.05, 0) is 36.7 Å². The van der Waals surface area contributed by atoms with E-state index in [0.29, 0.717) is 37.9 Å². The van der Waals surface area contributed by atoms with E-state index in [1.807, 2.05) is 13.8 Å². The predicted octanol–water partition coefficient (Wildman–Crippen LogP) is 1.84. The number of hydrogen-bond donors (Lipinski definition) is 3. The number of aliphatic hydroxyl groups is 3. The first-order valence-corrected chi connectivity index (χ1v) is 9.47. The molecule has 144 valence electrons. The number of carbonyl (C=O) groups excluding carboxylic acids is 1. The van der Waals surface area contributed by atoms with Crippen molar-refractivity contribution in [2.24, 2.45) is 22.7 Å². The monoisotopic (exact) mass is 364 g/mol. The Labute approximate surface area is 153 Å². The summed E-state index contributed by atoms with van der Waals surface area (Å²) in [5, 5.41) is 32.1. The zero-order chi connectivity index (χ0) is 18.7. The lowest BCUT2D eigenvalue weighted by atomic mass is 9.42. The summed E-state index contributed by atoms with van der Waals surface area (Å²) in [6, 6.07) is 1.73. The van der Waals surface area contributed by atoms with Crippen LogP contribution < -0.4 is 0 Å². The molecule has 0 amide bonds. The molecule has 3 aliphatic rings. The Balaban J connectivity index is 1.77. The summed E-state index contributed by atoms with van der Waals surface area (Å²) in [5.74, 6) is -0.483. The molecule has 2 saturated carbocycles. The Hall–Kier alpha value is -1.21. The van der Waals surface area contributed by atoms with E-state index in [2.05, 4.69) is 0 Å². The van der Waals surface area contributed by atoms with Gasteiger partial charge < -0.3 is 24.5 Å². The van der Waals surface area contributed by atoms with Gasteiger partial charge in [0.15, 0.2) is 0 Å². The number of fused-ring (bicyclic) bond motifs is 2. The van der Waals surface area contributed by atoms with Gasteiger partial charge in [-0.1, -0.05) is 13.8 Å². The van der Waals surface area contributed by atoms with Crippen molar-refractivity contribution in [3.8, 4) is 0 Å². The number of aliphatic hydroxyl groups excluding tert-OH is 3. The lowest BCUT2D eigenvalue weighted by Gasteiger charge is -2.61. The van der Waals surface area contributed by atoms with Gasteiger partial charge in [-0.15, -0.1) is 0 Å². The van der Waals surface area contributed by atoms with Crippen LogP contribution in [0.2, 0.25) is 0 Å². The third-order valence-corrected chi connectivity index (χ3v) is 7.70. The second-order valence-electron chi connectivity index (χ2n) is 8.81. The van der Waals surface area contributed by atoms with Gasteiger partial charge in [0.25, 0.3) is 0 Å². The molecule has 0 bridgehead atoms. The number of epoxide rings is 1. The first kappa shape index (κ1) is 18.2. The summed E-state index contributed by atoms with van der Waals surface area (Å²) in [4.78, 5) is 13.2. The van der Waals surface area contributed by atoms with Gasteiger partial charge in [0.05, 0.1) is 43.4 Å². The zero-order valence-electron chi connectivity index (χ0n) is 15.4. The summed E-state index contributed by atoms with van der Waals surface area (Å²) < 4.78 is 10.8. The van der Waals surface area contributed by atoms with E-state index in [1.54, 1.807) is 6.07 Å². The largest absolute Gasteiger partial charge is 0.472 e. The predicted molar refractivity (Wildman–Crippen MR) is 92.1 cm³/mol. The molecule has 3 fully saturated rings. The molecule has 1 saturated heterocycles. The molecule has 6 nitrogen and oxygen atoms in total. The number of rotatable bonds is 4. The van der Waals surface area contributed by atoms with Crippen LogP contribution in [0.4, 0.5) is 0 Å². The fourth-order valence-electron chi connectivity index (χ4n) is 5.96. The van der Waals surface area contributed by atoms with Crippen molar-refractivity contribution in [1.29, 1.82) is 0 Å². The normalized spacial score (nSPS) is 46.2. The van der Waals surface area contributed by atoms with Gasteiger partial charge >= 0.3 is 0 Å². The van der Waals surface area contributed by atoms with Gasteiger partial charge in [0, 0.05) is 17.9 Å². The first-order valence-electron chi connectivity index (χ1n) is 9.47. The molecular weight excluding hydrogens is 336 g/mol. The Kier molecular flexibility index (Phi) is 4.12. The first-order chi connectivity index (χ1) is 12.3. The number of carbonyl (C=O) groups is 1. The number of Topliss-reactive ketones (excluding diaryl/α,β-unsaturated/α-hetero) is 1. The van der Waals surface area contributed by atoms with E-state index in [0.717, 1.165) is 0 Å². The number of ketones is 1. The fraction of sp³-hybridized carbons (Fsp3) is 0.750. The van der Waals surface area contributed by atoms with E-state index in [4.69, 9.17) is 9.15 Å². The SMILES string of the molecule is C[C@@H]1CC(=O)[C@]2(CO)[C@H]([C@@H](O)CC[C@]23CO3)[C@@]1(C)CC(O)c1ccoc1. The molecule has 6 heteroatoms. The molecule has 2 aliphatic carbocycles. The Bertz CT molecular complexity index is 680. The Morgan fingerprint density at radius 3 is 2.73 bits per heavy atom. The lowest BCUT2D eigenvalue weighted by Crippen LogP contribution is -2.68. The second kappa shape index (κ2) is 5.89. The van der Waals surface area contributed by atoms with Crippen molar-refractivity contribution in [1.82, 2.24) is 0 Å². The summed E-state index contributed by atoms with van der Waals surface area (Å²) in [7, 11) is 0. The highest BCUT2D eigenvalue weighted by atomic mass is 16.6. The quantitative estimate of drug-likeness (QED) is 0.705. The molecule has 4 rings (SSSR count). The highest BCUT2D eigenvalue weighted by molar-refractivity contribution is 5.89. The van der Waals surface area contributed by atoms with Crippen molar-refractivity contribution >= 4 is 5.78 Å². The zero-order valence-corrected chi connectivity index (χ0v) is 15.4. The lowest BCUT2D eigenvalue weighted by molar-refractivity contribution is -0.201. The van der Waals surface area contributed by atoms with Crippen molar-refractivity contribution in [2.75, 3.05) is 13.2 Å². The van der Waals surface area contributed by atoms with Crippen molar-refractivity contribution in [3.05, 3.63) is 24.2 Å². The van der Waals surface area contributed by atoms with Crippen LogP contribution in [0.5, 0.6) is 0 Å². The molecule has 1 spiro atoms. The molecule has 1 aliphatic heterocycles. The van der Waals surface area contributed by atoms with Gasteiger partial charge in [0.2, 0.25) is 0 Å². The van der Waals surface area contributed by atoms with E-state index in [-0.39, 0.29) is 18.3 Å². The van der Waals surface area contributed by atoms with Crippen LogP contribution in [-0.4, -0.2) is 46.0 Å². The summed E-state index contributed by atoms with van der Waals surface area (Å²) in [5.41, 5.74) is -1.56. The van der Waals surface area contributed by atoms with Crippen LogP contribution in [0, 0.1) is 22.7 Å². The van der Waals surface area contributed by atoms with Crippen LogP contribution in [0.25, 0.3) is 0 Å². The maximum Gasteiger partial charge on any atom is 0.145 e. The molecule has 2 heterocycles. The molecule has 0 radical (unpaired) electrons. The average Bonchev–Trinajstić information content (AvgIpc) is 3.17. The minimum absolute atomic E-state index is 0.0102. The molecule has 26 heavy (non-hydrogen) atoms. The molecule has 1 aromatic heterocycles. The van der Waals surface area contributed by atoms with E-state index < -0.39 is 34.6 Å². The maximum atomic E-state index is 13.2. The van der Waals surface area contributed by atoms with Crippen LogP contribution in [0.3, 0.4) is 0 Å². The molecule has 1 unspecified atom stereocenters. The average molecular weight is 364 g/mol. The maximum absolute atomic E-state index is 13.2. The minimum atomic E-state index is -1.08. The molecule has 7 atom stereocenters. The number of ether oxygens (including phenoxy) is 1. The highest BCUT2D eigenvalue weighted by Crippen LogP contribution is 2.67. The molecule has 0 aromatic carbocycles. The second-order valence-corrected chi connectivity index (χ2v) is 8.81. The topological polar surface area (TPSA) is 103 Å². The van der Waals surface area contributed by atoms with Crippen LogP contribution in [-0.2, 0) is 9.53 Å². The highest BCUT2D eigenvalue weighted by Gasteiger charge is 2.75. The van der Waals surface area contributed by atoms with Crippen molar-refractivity contribution < 1.29 is 29.3 Å². The van der Waals surface area contributed by atoms with E-state index in [9.17, 15) is 20.1 Å². The Morgan fingerprint density at radius 2 is 2.15 bits per heavy atom. The standard InChI is InChI=1S/C20H28O6/c1-12-7-16(24)20(10-21)17(14(22)3-5-19(20)11-26-19)18(12,2)8-15(23)13-4-6-25-9-13/h4,6,9,12,14-15,17,21-23H,3,5,7-8,10-11H2,1-2H3/t12-,14+,15?,17-,18+,19+,20-/m1/s1. The summed E-state index contributed by atoms with van der Waals surface area (Å²) in [6.07, 6.45) is 3.44. The third kappa shape index (κ3) is 2.22. The van der Waals surface area contributed by atoms with E-state index in [1.165, 1.54) is 12.5 Å². The Morgan fingerprint density at radius 1 is 1.42 bits per heavy atom. The van der Waals surface area contributed by atoms with Gasteiger partial charge in [-0.2, -0.15) is 0 Å². The van der Waals surface area contributed by atoms with E-state index >= 15 is 0 Å². The molecular formula is C20H28O6. The van der Waals surface area contributed by atoms with Crippen LogP contribution in [0.1, 0.15) is 51.2 Å². The minimum Gasteiger partial charge on any atom is -0.472 e. The summed E-state index contributed by atoms with van der Waals surface area (Å²) >= 11 is 0.